The number of aromatic nitrogens is 2. The molecule has 2 aromatic heterocycles. The first-order valence-corrected chi connectivity index (χ1v) is 10.8. The molecule has 0 aliphatic carbocycles. The summed E-state index contributed by atoms with van der Waals surface area (Å²) in [5, 5.41) is 11.5. The fourth-order valence-electron chi connectivity index (χ4n) is 3.83. The minimum atomic E-state index is -0.922. The number of pyridine rings is 1. The number of amides is 1. The molecule has 1 amide bonds. The highest BCUT2D eigenvalue weighted by atomic mass is 32.1. The van der Waals surface area contributed by atoms with Crippen LogP contribution in [0.2, 0.25) is 0 Å². The number of carbonyl (C=O) groups is 3. The highest BCUT2D eigenvalue weighted by molar-refractivity contribution is 7.18. The second-order valence-electron chi connectivity index (χ2n) is 7.74. The Bertz CT molecular complexity index is 1290. The monoisotopic (exact) mass is 447 g/mol. The smallest absolute Gasteiger partial charge is 0.301 e. The fraction of sp³-hybridized carbons (Fsp3) is 0.208. The van der Waals surface area contributed by atoms with Crippen LogP contribution in [0.5, 0.6) is 0 Å². The molecule has 3 aromatic rings. The van der Waals surface area contributed by atoms with Crippen molar-refractivity contribution in [2.45, 2.75) is 33.7 Å². The molecule has 0 saturated carbocycles. The quantitative estimate of drug-likeness (QED) is 0.277. The summed E-state index contributed by atoms with van der Waals surface area (Å²) in [6, 6.07) is 8.04. The number of aliphatic hydroxyl groups excluding tert-OH is 1. The number of anilines is 1. The molecule has 1 fully saturated rings. The highest BCUT2D eigenvalue weighted by Crippen LogP contribution is 2.44. The number of carbonyl (C=O) groups excluding carboxylic acids is 3. The van der Waals surface area contributed by atoms with Gasteiger partial charge >= 0.3 is 5.91 Å². The summed E-state index contributed by atoms with van der Waals surface area (Å²) >= 11 is 1.05. The average Bonchev–Trinajstić information content (AvgIpc) is 3.27. The van der Waals surface area contributed by atoms with Crippen LogP contribution < -0.4 is 4.90 Å². The van der Waals surface area contributed by atoms with Crippen LogP contribution >= 0.6 is 11.3 Å². The molecule has 1 saturated heterocycles. The second-order valence-corrected chi connectivity index (χ2v) is 8.72. The zero-order chi connectivity index (χ0) is 23.2. The van der Waals surface area contributed by atoms with Crippen LogP contribution in [0.25, 0.3) is 5.76 Å². The van der Waals surface area contributed by atoms with Gasteiger partial charge < -0.3 is 5.11 Å². The van der Waals surface area contributed by atoms with Crippen molar-refractivity contribution in [1.82, 2.24) is 9.97 Å². The standard InChI is InChI=1S/C24H21N3O4S/c1-12-7-8-13(2)17(10-12)20(29)18-19(16-6-5-9-25-11-16)27(23(31)21(18)30)24-26-14(3)22(32-24)15(4)28/h5-11,19,29H,1-4H3/t19-/m0/s1. The summed E-state index contributed by atoms with van der Waals surface area (Å²) in [6.07, 6.45) is 3.13. The molecule has 1 atom stereocenters. The predicted octanol–water partition coefficient (Wildman–Crippen LogP) is 4.29. The van der Waals surface area contributed by atoms with Crippen LogP contribution in [0.3, 0.4) is 0 Å². The summed E-state index contributed by atoms with van der Waals surface area (Å²) < 4.78 is 0. The summed E-state index contributed by atoms with van der Waals surface area (Å²) in [6.45, 7) is 6.82. The third-order valence-corrected chi connectivity index (χ3v) is 6.66. The molecular weight excluding hydrogens is 426 g/mol. The molecule has 8 heteroatoms. The summed E-state index contributed by atoms with van der Waals surface area (Å²) in [5.74, 6) is -2.04. The molecule has 1 N–H and O–H groups in total. The van der Waals surface area contributed by atoms with E-state index in [2.05, 4.69) is 9.97 Å². The van der Waals surface area contributed by atoms with E-state index in [1.54, 1.807) is 37.5 Å². The Morgan fingerprint density at radius 2 is 1.91 bits per heavy atom. The lowest BCUT2D eigenvalue weighted by molar-refractivity contribution is -0.132. The number of Topliss-reactive ketones (excluding diaryl/α,β-unsaturated/α-hetero) is 2. The maximum Gasteiger partial charge on any atom is 0.301 e. The lowest BCUT2D eigenvalue weighted by Crippen LogP contribution is -2.29. The van der Waals surface area contributed by atoms with Crippen LogP contribution in [0.15, 0.2) is 48.3 Å². The Balaban J connectivity index is 1.97. The van der Waals surface area contributed by atoms with Gasteiger partial charge in [0.25, 0.3) is 5.78 Å². The van der Waals surface area contributed by atoms with Gasteiger partial charge in [-0.2, -0.15) is 0 Å². The molecule has 0 unspecified atom stereocenters. The molecule has 162 valence electrons. The third-order valence-electron chi connectivity index (χ3n) is 5.40. The van der Waals surface area contributed by atoms with E-state index in [-0.39, 0.29) is 22.2 Å². The number of hydrogen-bond donors (Lipinski definition) is 1. The van der Waals surface area contributed by atoms with Crippen LogP contribution in [0, 0.1) is 20.8 Å². The van der Waals surface area contributed by atoms with Crippen LogP contribution in [-0.4, -0.2) is 32.5 Å². The van der Waals surface area contributed by atoms with Crippen molar-refractivity contribution in [2.24, 2.45) is 0 Å². The van der Waals surface area contributed by atoms with Crippen molar-refractivity contribution in [3.8, 4) is 0 Å². The van der Waals surface area contributed by atoms with Gasteiger partial charge in [-0.1, -0.05) is 35.1 Å². The van der Waals surface area contributed by atoms with E-state index in [1.165, 1.54) is 11.8 Å². The molecule has 0 bridgehead atoms. The maximum absolute atomic E-state index is 13.2. The number of aryl methyl sites for hydroxylation is 3. The number of aliphatic hydroxyl groups is 1. The molecule has 1 aliphatic heterocycles. The highest BCUT2D eigenvalue weighted by Gasteiger charge is 2.48. The van der Waals surface area contributed by atoms with Gasteiger partial charge in [0.1, 0.15) is 5.76 Å². The van der Waals surface area contributed by atoms with Crippen LogP contribution in [0.1, 0.15) is 50.6 Å². The molecule has 0 spiro atoms. The molecule has 7 nitrogen and oxygen atoms in total. The van der Waals surface area contributed by atoms with E-state index in [0.717, 1.165) is 22.5 Å². The zero-order valence-corrected chi connectivity index (χ0v) is 18.9. The Kier molecular flexibility index (Phi) is 5.48. The van der Waals surface area contributed by atoms with Gasteiger partial charge in [0.15, 0.2) is 10.9 Å². The molecular formula is C24H21N3O4S. The van der Waals surface area contributed by atoms with Gasteiger partial charge in [-0.15, -0.1) is 0 Å². The van der Waals surface area contributed by atoms with Crippen LogP contribution in [0.4, 0.5) is 5.13 Å². The van der Waals surface area contributed by atoms with Gasteiger partial charge in [-0.3, -0.25) is 24.3 Å². The van der Waals surface area contributed by atoms with Crippen LogP contribution in [-0.2, 0) is 9.59 Å². The van der Waals surface area contributed by atoms with E-state index in [9.17, 15) is 19.5 Å². The van der Waals surface area contributed by atoms with Gasteiger partial charge in [0, 0.05) is 24.9 Å². The summed E-state index contributed by atoms with van der Waals surface area (Å²) in [7, 11) is 0. The van der Waals surface area contributed by atoms with E-state index < -0.39 is 17.7 Å². The third kappa shape index (κ3) is 3.52. The average molecular weight is 448 g/mol. The van der Waals surface area contributed by atoms with E-state index >= 15 is 0 Å². The lowest BCUT2D eigenvalue weighted by Gasteiger charge is -2.22. The molecule has 1 aliphatic rings. The van der Waals surface area contributed by atoms with Crippen molar-refractivity contribution < 1.29 is 19.5 Å². The van der Waals surface area contributed by atoms with Gasteiger partial charge in [0.05, 0.1) is 22.2 Å². The molecule has 1 aromatic carbocycles. The molecule has 4 rings (SSSR count). The zero-order valence-electron chi connectivity index (χ0n) is 18.0. The number of thiazole rings is 1. The molecule has 0 radical (unpaired) electrons. The van der Waals surface area contributed by atoms with Crippen molar-refractivity contribution in [1.29, 1.82) is 0 Å². The fourth-order valence-corrected chi connectivity index (χ4v) is 4.82. The summed E-state index contributed by atoms with van der Waals surface area (Å²) in [4.78, 5) is 48.5. The summed E-state index contributed by atoms with van der Waals surface area (Å²) in [5.41, 5.74) is 3.17. The topological polar surface area (TPSA) is 100 Å². The van der Waals surface area contributed by atoms with Crippen molar-refractivity contribution in [2.75, 3.05) is 4.90 Å². The first kappa shape index (κ1) is 21.6. The number of nitrogens with zero attached hydrogens (tertiary/aromatic N) is 3. The molecule has 3 heterocycles. The van der Waals surface area contributed by atoms with Crippen molar-refractivity contribution >= 4 is 39.7 Å². The largest absolute Gasteiger partial charge is 0.507 e. The normalized spacial score (nSPS) is 17.8. The Hall–Kier alpha value is -3.65. The first-order chi connectivity index (χ1) is 15.2. The second kappa shape index (κ2) is 8.12. The predicted molar refractivity (Wildman–Crippen MR) is 122 cm³/mol. The molecule has 32 heavy (non-hydrogen) atoms. The Morgan fingerprint density at radius 1 is 1.16 bits per heavy atom. The van der Waals surface area contributed by atoms with Gasteiger partial charge in [0.2, 0.25) is 0 Å². The lowest BCUT2D eigenvalue weighted by atomic mass is 9.94. The number of hydrogen-bond acceptors (Lipinski definition) is 7. The SMILES string of the molecule is CC(=O)c1sc(N2C(=O)C(=O)C(=C(O)c3cc(C)ccc3C)[C@@H]2c2cccnc2)nc1C. The first-order valence-electron chi connectivity index (χ1n) is 9.97. The minimum Gasteiger partial charge on any atom is -0.507 e. The minimum absolute atomic E-state index is 0.0334. The van der Waals surface area contributed by atoms with E-state index in [1.807, 2.05) is 26.0 Å². The van der Waals surface area contributed by atoms with E-state index in [4.69, 9.17) is 0 Å². The Labute approximate surface area is 189 Å². The number of rotatable bonds is 4. The van der Waals surface area contributed by atoms with Gasteiger partial charge in [-0.05, 0) is 44.0 Å². The Morgan fingerprint density at radius 3 is 2.53 bits per heavy atom. The van der Waals surface area contributed by atoms with Gasteiger partial charge in [-0.25, -0.2) is 4.98 Å². The number of benzene rings is 1. The van der Waals surface area contributed by atoms with Crippen molar-refractivity contribution in [3.63, 3.8) is 0 Å². The van der Waals surface area contributed by atoms with Crippen molar-refractivity contribution in [3.05, 3.63) is 81.1 Å². The maximum atomic E-state index is 13.2. The van der Waals surface area contributed by atoms with E-state index in [0.29, 0.717) is 21.7 Å². The number of ketones is 2.